The van der Waals surface area contributed by atoms with Gasteiger partial charge in [-0.05, 0) is 13.2 Å². The fourth-order valence-corrected chi connectivity index (χ4v) is 2.87. The number of rotatable bonds is 4. The smallest absolute Gasteiger partial charge is 0.239 e. The van der Waals surface area contributed by atoms with E-state index in [-0.39, 0.29) is 18.4 Å². The molecule has 1 atom stereocenters. The van der Waals surface area contributed by atoms with Gasteiger partial charge in [-0.3, -0.25) is 14.5 Å². The van der Waals surface area contributed by atoms with Crippen LogP contribution in [0, 0.1) is 0 Å². The van der Waals surface area contributed by atoms with Gasteiger partial charge in [0.2, 0.25) is 11.8 Å². The van der Waals surface area contributed by atoms with Gasteiger partial charge in [0.15, 0.2) is 0 Å². The molecular formula is C9H15NO3S2. The van der Waals surface area contributed by atoms with Gasteiger partial charge < -0.3 is 5.11 Å². The van der Waals surface area contributed by atoms with Gasteiger partial charge in [-0.25, -0.2) is 0 Å². The average molecular weight is 249 g/mol. The SMILES string of the molecule is CSCC(C)(O)CN1C(=O)CSCC1=O. The molecule has 0 aromatic rings. The average Bonchev–Trinajstić information content (AvgIpc) is 2.11. The molecule has 0 radical (unpaired) electrons. The van der Waals surface area contributed by atoms with Crippen LogP contribution in [0.4, 0.5) is 0 Å². The summed E-state index contributed by atoms with van der Waals surface area (Å²) in [6.07, 6.45) is 1.88. The Morgan fingerprint density at radius 2 is 2.00 bits per heavy atom. The van der Waals surface area contributed by atoms with E-state index in [1.807, 2.05) is 6.26 Å². The van der Waals surface area contributed by atoms with E-state index in [0.29, 0.717) is 17.3 Å². The first-order valence-corrected chi connectivity index (χ1v) is 7.13. The van der Waals surface area contributed by atoms with Crippen molar-refractivity contribution in [2.24, 2.45) is 0 Å². The van der Waals surface area contributed by atoms with Crippen molar-refractivity contribution >= 4 is 35.3 Å². The molecule has 1 aliphatic rings. The largest absolute Gasteiger partial charge is 0.387 e. The summed E-state index contributed by atoms with van der Waals surface area (Å²) in [4.78, 5) is 24.1. The van der Waals surface area contributed by atoms with E-state index < -0.39 is 5.60 Å². The van der Waals surface area contributed by atoms with Gasteiger partial charge >= 0.3 is 0 Å². The number of thioether (sulfide) groups is 2. The predicted octanol–water partition coefficient (Wildman–Crippen LogP) is 0.202. The van der Waals surface area contributed by atoms with Crippen molar-refractivity contribution in [1.82, 2.24) is 4.90 Å². The molecule has 0 aliphatic carbocycles. The first-order valence-electron chi connectivity index (χ1n) is 4.58. The third kappa shape index (κ3) is 3.70. The van der Waals surface area contributed by atoms with Crippen LogP contribution in [-0.4, -0.2) is 57.5 Å². The Morgan fingerprint density at radius 3 is 2.47 bits per heavy atom. The number of amides is 2. The molecule has 1 unspecified atom stereocenters. The highest BCUT2D eigenvalue weighted by molar-refractivity contribution is 8.00. The summed E-state index contributed by atoms with van der Waals surface area (Å²) in [5.74, 6) is 0.787. The second kappa shape index (κ2) is 5.23. The Balaban J connectivity index is 2.62. The maximum Gasteiger partial charge on any atom is 0.239 e. The third-order valence-electron chi connectivity index (χ3n) is 2.01. The second-order valence-electron chi connectivity index (χ2n) is 3.80. The summed E-state index contributed by atoms with van der Waals surface area (Å²) in [5, 5.41) is 9.93. The van der Waals surface area contributed by atoms with Crippen molar-refractivity contribution in [2.75, 3.05) is 30.1 Å². The minimum absolute atomic E-state index is 0.103. The van der Waals surface area contributed by atoms with E-state index >= 15 is 0 Å². The fraction of sp³-hybridized carbons (Fsp3) is 0.778. The van der Waals surface area contributed by atoms with Crippen LogP contribution in [0.2, 0.25) is 0 Å². The van der Waals surface area contributed by atoms with E-state index in [1.54, 1.807) is 6.92 Å². The molecule has 15 heavy (non-hydrogen) atoms. The van der Waals surface area contributed by atoms with Gasteiger partial charge in [-0.2, -0.15) is 11.8 Å². The Morgan fingerprint density at radius 1 is 1.47 bits per heavy atom. The number of imide groups is 1. The zero-order chi connectivity index (χ0) is 11.5. The first kappa shape index (κ1) is 12.9. The van der Waals surface area contributed by atoms with Gasteiger partial charge in [0.1, 0.15) is 0 Å². The number of hydrogen-bond acceptors (Lipinski definition) is 5. The van der Waals surface area contributed by atoms with Crippen molar-refractivity contribution in [3.8, 4) is 0 Å². The van der Waals surface area contributed by atoms with Crippen LogP contribution in [0.3, 0.4) is 0 Å². The summed E-state index contributed by atoms with van der Waals surface area (Å²) in [5.41, 5.74) is -0.993. The Labute approximate surface area is 97.8 Å². The highest BCUT2D eigenvalue weighted by Gasteiger charge is 2.32. The molecule has 6 heteroatoms. The summed E-state index contributed by atoms with van der Waals surface area (Å²) in [6, 6.07) is 0. The fourth-order valence-electron chi connectivity index (χ4n) is 1.39. The normalized spacial score (nSPS) is 21.7. The van der Waals surface area contributed by atoms with Crippen molar-refractivity contribution < 1.29 is 14.7 Å². The Bertz CT molecular complexity index is 252. The lowest BCUT2D eigenvalue weighted by Gasteiger charge is -2.31. The quantitative estimate of drug-likeness (QED) is 0.721. The molecule has 4 nitrogen and oxygen atoms in total. The summed E-state index contributed by atoms with van der Waals surface area (Å²) in [6.45, 7) is 1.75. The molecule has 1 aliphatic heterocycles. The number of β-amino-alcohol motifs (C(OH)–C–C–N with tert-alkyl or cyclic N) is 1. The van der Waals surface area contributed by atoms with Crippen LogP contribution in [0.5, 0.6) is 0 Å². The van der Waals surface area contributed by atoms with Crippen molar-refractivity contribution in [1.29, 1.82) is 0 Å². The molecule has 0 bridgehead atoms. The van der Waals surface area contributed by atoms with Gasteiger partial charge in [0, 0.05) is 5.75 Å². The van der Waals surface area contributed by atoms with E-state index in [0.717, 1.165) is 0 Å². The van der Waals surface area contributed by atoms with Crippen LogP contribution < -0.4 is 0 Å². The standard InChI is InChI=1S/C9H15NO3S2/c1-9(13,6-14-2)5-10-7(11)3-15-4-8(10)12/h13H,3-6H2,1-2H3. The van der Waals surface area contributed by atoms with Crippen molar-refractivity contribution in [3.05, 3.63) is 0 Å². The number of hydrogen-bond donors (Lipinski definition) is 1. The predicted molar refractivity (Wildman–Crippen MR) is 63.1 cm³/mol. The van der Waals surface area contributed by atoms with Crippen molar-refractivity contribution in [3.63, 3.8) is 0 Å². The van der Waals surface area contributed by atoms with Crippen LogP contribution in [0.25, 0.3) is 0 Å². The molecule has 1 saturated heterocycles. The molecular weight excluding hydrogens is 234 g/mol. The topological polar surface area (TPSA) is 57.6 Å². The van der Waals surface area contributed by atoms with Crippen molar-refractivity contribution in [2.45, 2.75) is 12.5 Å². The highest BCUT2D eigenvalue weighted by atomic mass is 32.2. The van der Waals surface area contributed by atoms with Crippen LogP contribution in [0.1, 0.15) is 6.92 Å². The molecule has 0 aromatic carbocycles. The molecule has 2 amide bonds. The van der Waals surface area contributed by atoms with Gasteiger partial charge in [0.05, 0.1) is 23.7 Å². The molecule has 1 heterocycles. The number of carbonyl (C=O) groups is 2. The molecule has 0 spiro atoms. The maximum absolute atomic E-state index is 11.5. The number of aliphatic hydroxyl groups is 1. The minimum atomic E-state index is -0.993. The van der Waals surface area contributed by atoms with Crippen LogP contribution in [0.15, 0.2) is 0 Å². The maximum atomic E-state index is 11.5. The summed E-state index contributed by atoms with van der Waals surface area (Å²) >= 11 is 2.82. The molecule has 1 N–H and O–H groups in total. The van der Waals surface area contributed by atoms with E-state index in [1.165, 1.54) is 28.4 Å². The Kier molecular flexibility index (Phi) is 4.48. The summed E-state index contributed by atoms with van der Waals surface area (Å²) in [7, 11) is 0. The molecule has 1 rings (SSSR count). The lowest BCUT2D eigenvalue weighted by atomic mass is 10.1. The zero-order valence-electron chi connectivity index (χ0n) is 8.86. The highest BCUT2D eigenvalue weighted by Crippen LogP contribution is 2.18. The minimum Gasteiger partial charge on any atom is -0.387 e. The lowest BCUT2D eigenvalue weighted by Crippen LogP contribution is -2.51. The number of nitrogens with zero attached hydrogens (tertiary/aromatic N) is 1. The van der Waals surface area contributed by atoms with Gasteiger partial charge in [0.25, 0.3) is 0 Å². The van der Waals surface area contributed by atoms with E-state index in [9.17, 15) is 14.7 Å². The second-order valence-corrected chi connectivity index (χ2v) is 5.65. The Hall–Kier alpha value is -0.200. The van der Waals surface area contributed by atoms with Gasteiger partial charge in [-0.15, -0.1) is 11.8 Å². The van der Waals surface area contributed by atoms with E-state index in [4.69, 9.17) is 0 Å². The van der Waals surface area contributed by atoms with Crippen LogP contribution >= 0.6 is 23.5 Å². The molecule has 1 fully saturated rings. The molecule has 86 valence electrons. The first-order chi connectivity index (χ1) is 6.96. The van der Waals surface area contributed by atoms with E-state index in [2.05, 4.69) is 0 Å². The molecule has 0 saturated carbocycles. The number of carbonyl (C=O) groups excluding carboxylic acids is 2. The van der Waals surface area contributed by atoms with Crippen LogP contribution in [-0.2, 0) is 9.59 Å². The third-order valence-corrected chi connectivity index (χ3v) is 3.82. The lowest BCUT2D eigenvalue weighted by molar-refractivity contribution is -0.145. The molecule has 0 aromatic heterocycles. The van der Waals surface area contributed by atoms with Gasteiger partial charge in [-0.1, -0.05) is 0 Å². The monoisotopic (exact) mass is 249 g/mol. The zero-order valence-corrected chi connectivity index (χ0v) is 10.5. The summed E-state index contributed by atoms with van der Waals surface area (Å²) < 4.78 is 0.